The van der Waals surface area contributed by atoms with Gasteiger partial charge < -0.3 is 10.2 Å². The Labute approximate surface area is 85.8 Å². The zero-order valence-electron chi connectivity index (χ0n) is 8.96. The molecule has 3 nitrogen and oxygen atoms in total. The Bertz CT molecular complexity index is 209. The highest BCUT2D eigenvalue weighted by molar-refractivity contribution is 5.74. The Balaban J connectivity index is 1.74. The van der Waals surface area contributed by atoms with Gasteiger partial charge in [0.2, 0.25) is 0 Å². The van der Waals surface area contributed by atoms with Crippen molar-refractivity contribution < 1.29 is 4.79 Å². The van der Waals surface area contributed by atoms with Crippen LogP contribution < -0.4 is 5.32 Å². The summed E-state index contributed by atoms with van der Waals surface area (Å²) in [6, 6.07) is 0.639. The van der Waals surface area contributed by atoms with Crippen molar-refractivity contribution in [3.05, 3.63) is 0 Å². The lowest BCUT2D eigenvalue weighted by Crippen LogP contribution is -2.44. The minimum atomic E-state index is 0.155. The van der Waals surface area contributed by atoms with E-state index in [1.807, 2.05) is 4.90 Å². The molecule has 2 saturated carbocycles. The highest BCUT2D eigenvalue weighted by Gasteiger charge is 2.27. The number of hydrogen-bond donors (Lipinski definition) is 1. The Kier molecular flexibility index (Phi) is 2.94. The topological polar surface area (TPSA) is 32.3 Å². The van der Waals surface area contributed by atoms with E-state index in [9.17, 15) is 4.79 Å². The van der Waals surface area contributed by atoms with E-state index < -0.39 is 0 Å². The number of urea groups is 1. The van der Waals surface area contributed by atoms with Crippen LogP contribution in [0.5, 0.6) is 0 Å². The van der Waals surface area contributed by atoms with Crippen LogP contribution in [-0.2, 0) is 0 Å². The highest BCUT2D eigenvalue weighted by Crippen LogP contribution is 2.27. The van der Waals surface area contributed by atoms with Gasteiger partial charge in [0.1, 0.15) is 0 Å². The molecule has 0 saturated heterocycles. The van der Waals surface area contributed by atoms with Crippen LogP contribution in [0.25, 0.3) is 0 Å². The van der Waals surface area contributed by atoms with Crippen molar-refractivity contribution in [2.75, 3.05) is 13.1 Å². The average Bonchev–Trinajstić information content (AvgIpc) is 2.86. The fraction of sp³-hybridized carbons (Fsp3) is 0.909. The first-order chi connectivity index (χ1) is 6.79. The van der Waals surface area contributed by atoms with Crippen LogP contribution >= 0.6 is 0 Å². The van der Waals surface area contributed by atoms with E-state index in [1.165, 1.54) is 32.1 Å². The molecule has 0 unspecified atom stereocenters. The summed E-state index contributed by atoms with van der Waals surface area (Å²) in [6.07, 6.45) is 6.33. The van der Waals surface area contributed by atoms with Gasteiger partial charge in [0, 0.05) is 19.1 Å². The molecule has 3 heteroatoms. The van der Waals surface area contributed by atoms with Crippen molar-refractivity contribution in [3.8, 4) is 0 Å². The van der Waals surface area contributed by atoms with Gasteiger partial charge in [-0.15, -0.1) is 0 Å². The number of carbonyl (C=O) groups excluding carboxylic acids is 1. The van der Waals surface area contributed by atoms with Gasteiger partial charge in [0.25, 0.3) is 0 Å². The van der Waals surface area contributed by atoms with Crippen molar-refractivity contribution in [2.24, 2.45) is 5.92 Å². The molecular formula is C11H20N2O. The molecule has 2 rings (SSSR count). The molecule has 0 spiro atoms. The molecule has 2 aliphatic rings. The normalized spacial score (nSPS) is 21.5. The zero-order valence-corrected chi connectivity index (χ0v) is 8.96. The van der Waals surface area contributed by atoms with Crippen LogP contribution in [-0.4, -0.2) is 30.1 Å². The second-order valence-corrected chi connectivity index (χ2v) is 4.56. The van der Waals surface area contributed by atoms with Crippen molar-refractivity contribution in [3.63, 3.8) is 0 Å². The number of hydrogen-bond acceptors (Lipinski definition) is 1. The van der Waals surface area contributed by atoms with Gasteiger partial charge in [0.15, 0.2) is 0 Å². The van der Waals surface area contributed by atoms with Crippen LogP contribution in [0.1, 0.15) is 39.0 Å². The quantitative estimate of drug-likeness (QED) is 0.732. The maximum Gasteiger partial charge on any atom is 0.317 e. The molecule has 0 atom stereocenters. The first kappa shape index (κ1) is 9.81. The van der Waals surface area contributed by atoms with Crippen molar-refractivity contribution >= 4 is 6.03 Å². The first-order valence-electron chi connectivity index (χ1n) is 5.85. The largest absolute Gasteiger partial charge is 0.335 e. The van der Waals surface area contributed by atoms with Crippen LogP contribution in [0.3, 0.4) is 0 Å². The van der Waals surface area contributed by atoms with Gasteiger partial charge in [-0.3, -0.25) is 0 Å². The molecule has 2 aliphatic carbocycles. The molecule has 0 aromatic carbocycles. The predicted octanol–water partition coefficient (Wildman–Crippen LogP) is 1.98. The predicted molar refractivity (Wildman–Crippen MR) is 56.1 cm³/mol. The molecular weight excluding hydrogens is 176 g/mol. The minimum Gasteiger partial charge on any atom is -0.335 e. The summed E-state index contributed by atoms with van der Waals surface area (Å²) in [5, 5.41) is 3.05. The van der Waals surface area contributed by atoms with Gasteiger partial charge in [-0.1, -0.05) is 6.42 Å². The van der Waals surface area contributed by atoms with Gasteiger partial charge in [-0.2, -0.15) is 0 Å². The third kappa shape index (κ3) is 2.40. The van der Waals surface area contributed by atoms with E-state index >= 15 is 0 Å². The van der Waals surface area contributed by atoms with Gasteiger partial charge in [-0.25, -0.2) is 4.79 Å². The number of nitrogens with zero attached hydrogens (tertiary/aromatic N) is 1. The van der Waals surface area contributed by atoms with E-state index in [-0.39, 0.29) is 6.03 Å². The fourth-order valence-corrected chi connectivity index (χ4v) is 1.84. The molecule has 0 aromatic rings. The van der Waals surface area contributed by atoms with Crippen molar-refractivity contribution in [1.29, 1.82) is 0 Å². The molecule has 0 aromatic heterocycles. The second-order valence-electron chi connectivity index (χ2n) is 4.56. The number of amides is 2. The molecule has 0 heterocycles. The molecule has 2 amide bonds. The summed E-state index contributed by atoms with van der Waals surface area (Å²) in [5.74, 6) is 0.778. The summed E-state index contributed by atoms with van der Waals surface area (Å²) < 4.78 is 0. The Morgan fingerprint density at radius 3 is 2.50 bits per heavy atom. The average molecular weight is 196 g/mol. The van der Waals surface area contributed by atoms with Gasteiger partial charge in [0.05, 0.1) is 0 Å². The van der Waals surface area contributed by atoms with E-state index in [4.69, 9.17) is 0 Å². The molecule has 1 N–H and O–H groups in total. The molecule has 0 aliphatic heterocycles. The molecule has 2 fully saturated rings. The van der Waals surface area contributed by atoms with E-state index in [2.05, 4.69) is 12.2 Å². The van der Waals surface area contributed by atoms with Gasteiger partial charge in [-0.05, 0) is 38.5 Å². The summed E-state index contributed by atoms with van der Waals surface area (Å²) in [6.45, 7) is 3.87. The van der Waals surface area contributed by atoms with Crippen LogP contribution in [0.15, 0.2) is 0 Å². The maximum absolute atomic E-state index is 11.7. The van der Waals surface area contributed by atoms with Crippen LogP contribution in [0.4, 0.5) is 4.79 Å². The molecule has 80 valence electrons. The zero-order chi connectivity index (χ0) is 9.97. The fourth-order valence-electron chi connectivity index (χ4n) is 1.84. The Hall–Kier alpha value is -0.730. The summed E-state index contributed by atoms with van der Waals surface area (Å²) in [5.41, 5.74) is 0. The number of nitrogens with one attached hydrogen (secondary N) is 1. The SMILES string of the molecule is CCN(CC1CCC1)C(=O)NC1CC1. The first-order valence-corrected chi connectivity index (χ1v) is 5.85. The molecule has 0 radical (unpaired) electrons. The Morgan fingerprint density at radius 2 is 2.07 bits per heavy atom. The van der Waals surface area contributed by atoms with E-state index in [0.29, 0.717) is 6.04 Å². The van der Waals surface area contributed by atoms with Crippen LogP contribution in [0, 0.1) is 5.92 Å². The Morgan fingerprint density at radius 1 is 1.36 bits per heavy atom. The summed E-state index contributed by atoms with van der Waals surface area (Å²) >= 11 is 0. The van der Waals surface area contributed by atoms with E-state index in [0.717, 1.165) is 19.0 Å². The monoisotopic (exact) mass is 196 g/mol. The lowest BCUT2D eigenvalue weighted by Gasteiger charge is -2.31. The molecule has 14 heavy (non-hydrogen) atoms. The number of rotatable bonds is 4. The second kappa shape index (κ2) is 4.20. The third-order valence-electron chi connectivity index (χ3n) is 3.28. The standard InChI is InChI=1S/C11H20N2O/c1-2-13(8-9-4-3-5-9)11(14)12-10-6-7-10/h9-10H,2-8H2,1H3,(H,12,14). The smallest absolute Gasteiger partial charge is 0.317 e. The van der Waals surface area contributed by atoms with Crippen molar-refractivity contribution in [1.82, 2.24) is 10.2 Å². The summed E-state index contributed by atoms with van der Waals surface area (Å²) in [7, 11) is 0. The molecule has 0 bridgehead atoms. The third-order valence-corrected chi connectivity index (χ3v) is 3.28. The maximum atomic E-state index is 11.7. The van der Waals surface area contributed by atoms with Gasteiger partial charge >= 0.3 is 6.03 Å². The lowest BCUT2D eigenvalue weighted by molar-refractivity contribution is 0.171. The minimum absolute atomic E-state index is 0.155. The van der Waals surface area contributed by atoms with Crippen LogP contribution in [0.2, 0.25) is 0 Å². The highest BCUT2D eigenvalue weighted by atomic mass is 16.2. The lowest BCUT2D eigenvalue weighted by atomic mass is 9.85. The van der Waals surface area contributed by atoms with E-state index in [1.54, 1.807) is 0 Å². The summed E-state index contributed by atoms with van der Waals surface area (Å²) in [4.78, 5) is 13.7. The number of carbonyl (C=O) groups is 1. The van der Waals surface area contributed by atoms with Crippen molar-refractivity contribution in [2.45, 2.75) is 45.1 Å².